The molecule has 0 unspecified atom stereocenters. The minimum Gasteiger partial charge on any atom is -0.497 e. The molecule has 1 fully saturated rings. The van der Waals surface area contributed by atoms with Gasteiger partial charge in [-0.2, -0.15) is 0 Å². The Hall–Kier alpha value is -3.71. The highest BCUT2D eigenvalue weighted by molar-refractivity contribution is 14.1. The molecule has 8 nitrogen and oxygen atoms in total. The number of carbonyl (C=O) groups is 2. The van der Waals surface area contributed by atoms with E-state index in [0.717, 1.165) is 20.3 Å². The molecule has 1 amide bonds. The van der Waals surface area contributed by atoms with Crippen LogP contribution in [0.4, 0.5) is 5.69 Å². The molecule has 4 aromatic rings. The first-order valence-electron chi connectivity index (χ1n) is 13.9. The highest BCUT2D eigenvalue weighted by atomic mass is 127. The summed E-state index contributed by atoms with van der Waals surface area (Å²) in [6.07, 6.45) is 1.80. The average molecular weight is 789 g/mol. The number of aliphatic imine (C=N–C) groups is 1. The maximum Gasteiger partial charge on any atom is 0.335 e. The number of methoxy groups -OCH3 is 1. The number of ether oxygens (including phenoxy) is 3. The number of hydrogen-bond acceptors (Lipinski definition) is 7. The van der Waals surface area contributed by atoms with Gasteiger partial charge in [0.15, 0.2) is 16.7 Å². The molecule has 0 atom stereocenters. The predicted octanol–water partition coefficient (Wildman–Crippen LogP) is 9.09. The zero-order valence-corrected chi connectivity index (χ0v) is 29.1. The largest absolute Gasteiger partial charge is 0.497 e. The van der Waals surface area contributed by atoms with Crippen molar-refractivity contribution >= 4 is 86.4 Å². The third-order valence-electron chi connectivity index (χ3n) is 6.72. The molecule has 0 aliphatic carbocycles. The van der Waals surface area contributed by atoms with Crippen LogP contribution < -0.4 is 14.2 Å². The summed E-state index contributed by atoms with van der Waals surface area (Å²) in [6, 6.07) is 22.7. The first-order chi connectivity index (χ1) is 22.1. The van der Waals surface area contributed by atoms with Gasteiger partial charge in [0, 0.05) is 0 Å². The Bertz CT molecular complexity index is 1830. The van der Waals surface area contributed by atoms with Crippen molar-refractivity contribution in [1.29, 1.82) is 0 Å². The molecule has 0 saturated carbocycles. The lowest BCUT2D eigenvalue weighted by molar-refractivity contribution is -0.122. The van der Waals surface area contributed by atoms with E-state index in [1.165, 1.54) is 23.9 Å². The van der Waals surface area contributed by atoms with Crippen LogP contribution in [0.2, 0.25) is 10.0 Å². The highest BCUT2D eigenvalue weighted by Gasteiger charge is 2.34. The highest BCUT2D eigenvalue weighted by Crippen LogP contribution is 2.39. The SMILES string of the molecule is CCOc1cc(/C=C2\SC(=Nc3ccc(OC)cc3)N(Cc3ccc(C(=O)O)cc3)C2=O)cc(I)c1OCc1ccc(Cl)c(Cl)c1. The summed E-state index contributed by atoms with van der Waals surface area (Å²) in [5.74, 6) is 0.568. The van der Waals surface area contributed by atoms with Crippen LogP contribution in [-0.2, 0) is 17.9 Å². The molecule has 0 spiro atoms. The third kappa shape index (κ3) is 8.16. The Morgan fingerprint density at radius 1 is 0.978 bits per heavy atom. The molecule has 1 heterocycles. The number of amides is 1. The number of aromatic carboxylic acids is 1. The van der Waals surface area contributed by atoms with E-state index >= 15 is 0 Å². The molecular weight excluding hydrogens is 762 g/mol. The molecule has 1 N–H and O–H groups in total. The number of halogens is 3. The van der Waals surface area contributed by atoms with Crippen LogP contribution in [0, 0.1) is 3.57 Å². The van der Waals surface area contributed by atoms with E-state index in [-0.39, 0.29) is 24.6 Å². The average Bonchev–Trinajstić information content (AvgIpc) is 3.31. The number of nitrogens with zero attached hydrogens (tertiary/aromatic N) is 2. The van der Waals surface area contributed by atoms with E-state index in [1.807, 2.05) is 37.3 Å². The first-order valence-corrected chi connectivity index (χ1v) is 16.6. The van der Waals surface area contributed by atoms with Crippen LogP contribution in [-0.4, -0.2) is 40.8 Å². The smallest absolute Gasteiger partial charge is 0.335 e. The predicted molar refractivity (Wildman–Crippen MR) is 191 cm³/mol. The fraction of sp³-hybridized carbons (Fsp3) is 0.147. The van der Waals surface area contributed by atoms with Gasteiger partial charge in [0.2, 0.25) is 0 Å². The molecule has 0 radical (unpaired) electrons. The van der Waals surface area contributed by atoms with Gasteiger partial charge in [-0.1, -0.05) is 41.4 Å². The van der Waals surface area contributed by atoms with Crippen LogP contribution in [0.15, 0.2) is 88.8 Å². The van der Waals surface area contributed by atoms with Crippen molar-refractivity contribution in [2.24, 2.45) is 4.99 Å². The number of carboxylic acid groups (broad SMARTS) is 1. The summed E-state index contributed by atoms with van der Waals surface area (Å²) in [5, 5.41) is 10.7. The number of carboxylic acids is 1. The summed E-state index contributed by atoms with van der Waals surface area (Å²) in [4.78, 5) is 32.0. The Morgan fingerprint density at radius 3 is 2.35 bits per heavy atom. The second-order valence-electron chi connectivity index (χ2n) is 9.90. The van der Waals surface area contributed by atoms with Gasteiger partial charge in [-0.3, -0.25) is 9.69 Å². The van der Waals surface area contributed by atoms with Gasteiger partial charge in [0.05, 0.1) is 50.0 Å². The normalized spacial score (nSPS) is 14.6. The van der Waals surface area contributed by atoms with E-state index in [9.17, 15) is 14.7 Å². The quantitative estimate of drug-likeness (QED) is 0.120. The molecule has 12 heteroatoms. The second-order valence-corrected chi connectivity index (χ2v) is 12.9. The van der Waals surface area contributed by atoms with Crippen molar-refractivity contribution in [3.63, 3.8) is 0 Å². The standard InChI is InChI=1S/C34H27Cl2IN2O6S/c1-3-44-29-16-22(15-28(37)31(29)45-19-21-6-13-26(35)27(36)14-21)17-30-32(40)39(18-20-4-7-23(8-5-20)33(41)42)34(46-30)38-24-9-11-25(43-2)12-10-24/h4-17H,3,18-19H2,1-2H3,(H,41,42)/b30-17-,38-34?. The van der Waals surface area contributed by atoms with Crippen molar-refractivity contribution < 1.29 is 28.9 Å². The van der Waals surface area contributed by atoms with E-state index in [2.05, 4.69) is 22.6 Å². The summed E-state index contributed by atoms with van der Waals surface area (Å²) in [7, 11) is 1.59. The van der Waals surface area contributed by atoms with Crippen LogP contribution in [0.3, 0.4) is 0 Å². The van der Waals surface area contributed by atoms with E-state index in [4.69, 9.17) is 42.4 Å². The van der Waals surface area contributed by atoms with Crippen LogP contribution in [0.5, 0.6) is 17.2 Å². The van der Waals surface area contributed by atoms with Crippen LogP contribution >= 0.6 is 57.6 Å². The topological polar surface area (TPSA) is 97.7 Å². The molecule has 236 valence electrons. The minimum atomic E-state index is -1.02. The Balaban J connectivity index is 1.45. The Morgan fingerprint density at radius 2 is 1.70 bits per heavy atom. The van der Waals surface area contributed by atoms with Gasteiger partial charge in [-0.05, 0) is 125 Å². The van der Waals surface area contributed by atoms with Crippen molar-refractivity contribution in [1.82, 2.24) is 4.90 Å². The number of carbonyl (C=O) groups excluding carboxylic acids is 1. The van der Waals surface area contributed by atoms with Crippen molar-refractivity contribution in [2.75, 3.05) is 13.7 Å². The van der Waals surface area contributed by atoms with Crippen molar-refractivity contribution in [2.45, 2.75) is 20.1 Å². The molecule has 46 heavy (non-hydrogen) atoms. The number of amidine groups is 1. The Labute approximate surface area is 294 Å². The molecule has 1 aliphatic rings. The van der Waals surface area contributed by atoms with Crippen molar-refractivity contribution in [3.05, 3.63) is 120 Å². The fourth-order valence-electron chi connectivity index (χ4n) is 4.44. The molecule has 0 bridgehead atoms. The molecular formula is C34H27Cl2IN2O6S. The molecule has 4 aromatic carbocycles. The van der Waals surface area contributed by atoms with Gasteiger partial charge in [0.1, 0.15) is 12.4 Å². The number of rotatable bonds is 11. The number of thioether (sulfide) groups is 1. The molecule has 1 saturated heterocycles. The lowest BCUT2D eigenvalue weighted by atomic mass is 10.1. The summed E-state index contributed by atoms with van der Waals surface area (Å²) in [6.45, 7) is 2.77. The van der Waals surface area contributed by atoms with Gasteiger partial charge in [-0.25, -0.2) is 9.79 Å². The first kappa shape index (κ1) is 33.6. The van der Waals surface area contributed by atoms with Gasteiger partial charge in [-0.15, -0.1) is 0 Å². The molecule has 0 aromatic heterocycles. The minimum absolute atomic E-state index is 0.169. The zero-order valence-electron chi connectivity index (χ0n) is 24.6. The Kier molecular flexibility index (Phi) is 11.2. The number of benzene rings is 4. The van der Waals surface area contributed by atoms with Crippen molar-refractivity contribution in [3.8, 4) is 17.2 Å². The summed E-state index contributed by atoms with van der Waals surface area (Å²) < 4.78 is 18.2. The van der Waals surface area contributed by atoms with Gasteiger partial charge < -0.3 is 19.3 Å². The van der Waals surface area contributed by atoms with Crippen LogP contribution in [0.1, 0.15) is 34.0 Å². The zero-order chi connectivity index (χ0) is 32.8. The van der Waals surface area contributed by atoms with Gasteiger partial charge >= 0.3 is 5.97 Å². The van der Waals surface area contributed by atoms with Crippen LogP contribution in [0.25, 0.3) is 6.08 Å². The monoisotopic (exact) mass is 788 g/mol. The van der Waals surface area contributed by atoms with Gasteiger partial charge in [0.25, 0.3) is 5.91 Å². The lowest BCUT2D eigenvalue weighted by Gasteiger charge is -2.16. The summed E-state index contributed by atoms with van der Waals surface area (Å²) in [5.41, 5.74) is 3.19. The number of hydrogen-bond donors (Lipinski definition) is 1. The fourth-order valence-corrected chi connectivity index (χ4v) is 6.54. The maximum absolute atomic E-state index is 13.8. The van der Waals surface area contributed by atoms with E-state index in [1.54, 1.807) is 54.5 Å². The maximum atomic E-state index is 13.8. The van der Waals surface area contributed by atoms with E-state index in [0.29, 0.717) is 49.7 Å². The summed E-state index contributed by atoms with van der Waals surface area (Å²) >= 11 is 15.7. The van der Waals surface area contributed by atoms with E-state index < -0.39 is 5.97 Å². The molecule has 5 rings (SSSR count). The molecule has 1 aliphatic heterocycles. The third-order valence-corrected chi connectivity index (χ3v) is 9.27. The lowest BCUT2D eigenvalue weighted by Crippen LogP contribution is -2.28. The second kappa shape index (κ2) is 15.3.